The van der Waals surface area contributed by atoms with Crippen LogP contribution in [0, 0.1) is 0 Å². The van der Waals surface area contributed by atoms with Crippen molar-refractivity contribution < 1.29 is 4.74 Å². The molecule has 0 fully saturated rings. The number of nitrogens with zero attached hydrogens (tertiary/aromatic N) is 4. The second-order valence-electron chi connectivity index (χ2n) is 5.17. The topological polar surface area (TPSA) is 69.4 Å². The number of hydrogen-bond acceptors (Lipinski definition) is 6. The van der Waals surface area contributed by atoms with Gasteiger partial charge in [0.2, 0.25) is 4.96 Å². The highest BCUT2D eigenvalue weighted by atomic mass is 79.9. The molecule has 6 nitrogen and oxygen atoms in total. The summed E-state index contributed by atoms with van der Waals surface area (Å²) >= 11 is 4.72. The molecule has 0 radical (unpaired) electrons. The third-order valence-electron chi connectivity index (χ3n) is 3.58. The zero-order chi connectivity index (χ0) is 17.4. The van der Waals surface area contributed by atoms with Crippen LogP contribution in [0.25, 0.3) is 22.4 Å². The molecule has 0 N–H and O–H groups in total. The third kappa shape index (κ3) is 2.94. The van der Waals surface area contributed by atoms with Crippen molar-refractivity contribution in [2.45, 2.75) is 0 Å². The molecule has 0 aliphatic carbocycles. The maximum absolute atomic E-state index is 12.6. The van der Waals surface area contributed by atoms with Gasteiger partial charge in [0.05, 0.1) is 11.6 Å². The van der Waals surface area contributed by atoms with E-state index in [0.717, 1.165) is 15.6 Å². The van der Waals surface area contributed by atoms with E-state index in [0.29, 0.717) is 21.1 Å². The molecule has 0 unspecified atom stereocenters. The molecule has 0 saturated heterocycles. The Labute approximate surface area is 154 Å². The Bertz CT molecular complexity index is 1170. The van der Waals surface area contributed by atoms with Crippen LogP contribution in [0.3, 0.4) is 0 Å². The maximum Gasteiger partial charge on any atom is 0.291 e. The highest BCUT2D eigenvalue weighted by Gasteiger charge is 2.12. The van der Waals surface area contributed by atoms with Gasteiger partial charge in [-0.1, -0.05) is 27.3 Å². The van der Waals surface area contributed by atoms with E-state index in [4.69, 9.17) is 4.74 Å². The first-order valence-corrected chi connectivity index (χ1v) is 8.92. The van der Waals surface area contributed by atoms with E-state index in [1.807, 2.05) is 24.3 Å². The lowest BCUT2D eigenvalue weighted by Crippen LogP contribution is -2.23. The van der Waals surface area contributed by atoms with Crippen LogP contribution in [0.4, 0.5) is 0 Å². The Morgan fingerprint density at radius 3 is 2.92 bits per heavy atom. The van der Waals surface area contributed by atoms with Crippen molar-refractivity contribution in [1.29, 1.82) is 0 Å². The molecule has 0 aliphatic heterocycles. The molecule has 0 amide bonds. The summed E-state index contributed by atoms with van der Waals surface area (Å²) < 4.78 is 8.13. The number of hydrogen-bond donors (Lipinski definition) is 0. The van der Waals surface area contributed by atoms with Crippen molar-refractivity contribution in [2.24, 2.45) is 0 Å². The van der Waals surface area contributed by atoms with Crippen molar-refractivity contribution >= 4 is 38.3 Å². The van der Waals surface area contributed by atoms with E-state index in [1.54, 1.807) is 31.6 Å². The van der Waals surface area contributed by atoms with Crippen LogP contribution in [0.1, 0.15) is 5.56 Å². The maximum atomic E-state index is 12.6. The monoisotopic (exact) mass is 414 g/mol. The second kappa shape index (κ2) is 6.38. The molecule has 124 valence electrons. The van der Waals surface area contributed by atoms with Crippen LogP contribution in [0.15, 0.2) is 52.0 Å². The smallest absolute Gasteiger partial charge is 0.291 e. The Kier molecular flexibility index (Phi) is 4.06. The van der Waals surface area contributed by atoms with Crippen molar-refractivity contribution in [2.75, 3.05) is 7.11 Å². The van der Waals surface area contributed by atoms with E-state index >= 15 is 0 Å². The van der Waals surface area contributed by atoms with Crippen molar-refractivity contribution in [1.82, 2.24) is 19.6 Å². The number of thiazole rings is 1. The van der Waals surface area contributed by atoms with Gasteiger partial charge < -0.3 is 4.74 Å². The Hall–Kier alpha value is -2.58. The van der Waals surface area contributed by atoms with Gasteiger partial charge in [-0.05, 0) is 36.4 Å². The number of benzene rings is 1. The summed E-state index contributed by atoms with van der Waals surface area (Å²) in [5.41, 5.74) is 1.38. The van der Waals surface area contributed by atoms with Crippen LogP contribution in [-0.4, -0.2) is 26.7 Å². The van der Waals surface area contributed by atoms with Gasteiger partial charge in [-0.2, -0.15) is 9.50 Å². The normalized spacial score (nSPS) is 12.0. The van der Waals surface area contributed by atoms with Gasteiger partial charge in [-0.3, -0.25) is 9.78 Å². The molecule has 4 rings (SSSR count). The second-order valence-corrected chi connectivity index (χ2v) is 7.10. The first-order valence-electron chi connectivity index (χ1n) is 7.31. The molecule has 0 bridgehead atoms. The van der Waals surface area contributed by atoms with E-state index in [-0.39, 0.29) is 5.56 Å². The summed E-state index contributed by atoms with van der Waals surface area (Å²) in [5, 5.41) is 4.31. The fourth-order valence-corrected chi connectivity index (χ4v) is 3.69. The summed E-state index contributed by atoms with van der Waals surface area (Å²) in [4.78, 5) is 21.7. The van der Waals surface area contributed by atoms with Crippen LogP contribution >= 0.6 is 27.3 Å². The SMILES string of the molecule is COc1ccc(Br)cc1C=c1sc2nc(-c3cccnc3)nn2c1=O. The molecule has 3 aromatic heterocycles. The van der Waals surface area contributed by atoms with Gasteiger partial charge in [-0.15, -0.1) is 5.10 Å². The Morgan fingerprint density at radius 1 is 1.32 bits per heavy atom. The quantitative estimate of drug-likeness (QED) is 0.515. The largest absolute Gasteiger partial charge is 0.496 e. The fourth-order valence-electron chi connectivity index (χ4n) is 2.41. The standard InChI is InChI=1S/C17H11BrN4O2S/c1-24-13-5-4-12(18)7-11(13)8-14-16(23)22-17(25-14)20-15(21-22)10-3-2-6-19-9-10/h2-9H,1H3. The fraction of sp³-hybridized carbons (Fsp3) is 0.0588. The van der Waals surface area contributed by atoms with E-state index in [2.05, 4.69) is 31.0 Å². The van der Waals surface area contributed by atoms with Crippen LogP contribution in [0.5, 0.6) is 5.75 Å². The summed E-state index contributed by atoms with van der Waals surface area (Å²) in [5.74, 6) is 1.18. The van der Waals surface area contributed by atoms with Crippen molar-refractivity contribution in [3.63, 3.8) is 0 Å². The highest BCUT2D eigenvalue weighted by Crippen LogP contribution is 2.23. The summed E-state index contributed by atoms with van der Waals surface area (Å²) in [6.07, 6.45) is 5.14. The minimum absolute atomic E-state index is 0.204. The third-order valence-corrected chi connectivity index (χ3v) is 5.03. The zero-order valence-corrected chi connectivity index (χ0v) is 15.4. The van der Waals surface area contributed by atoms with Crippen molar-refractivity contribution in [3.8, 4) is 17.1 Å². The molecule has 0 spiro atoms. The lowest BCUT2D eigenvalue weighted by Gasteiger charge is -2.04. The minimum atomic E-state index is -0.204. The van der Waals surface area contributed by atoms with E-state index in [9.17, 15) is 4.79 Å². The lowest BCUT2D eigenvalue weighted by atomic mass is 10.2. The summed E-state index contributed by atoms with van der Waals surface area (Å²) in [6, 6.07) is 9.29. The molecule has 1 aromatic carbocycles. The average molecular weight is 415 g/mol. The molecule has 25 heavy (non-hydrogen) atoms. The first kappa shape index (κ1) is 15.9. The van der Waals surface area contributed by atoms with E-state index < -0.39 is 0 Å². The number of rotatable bonds is 3. The summed E-state index contributed by atoms with van der Waals surface area (Å²) in [6.45, 7) is 0. The predicted molar refractivity (Wildman–Crippen MR) is 99.8 cm³/mol. The van der Waals surface area contributed by atoms with Gasteiger partial charge in [0.25, 0.3) is 5.56 Å². The number of halogens is 1. The lowest BCUT2D eigenvalue weighted by molar-refractivity contribution is 0.414. The summed E-state index contributed by atoms with van der Waals surface area (Å²) in [7, 11) is 1.60. The number of pyridine rings is 1. The number of ether oxygens (including phenoxy) is 1. The Balaban J connectivity index is 1.85. The van der Waals surface area contributed by atoms with Gasteiger partial charge in [0.1, 0.15) is 5.75 Å². The molecule has 3 heterocycles. The molecular formula is C17H11BrN4O2S. The molecule has 0 atom stereocenters. The zero-order valence-electron chi connectivity index (χ0n) is 13.0. The van der Waals surface area contributed by atoms with Gasteiger partial charge in [-0.25, -0.2) is 0 Å². The number of aromatic nitrogens is 4. The van der Waals surface area contributed by atoms with Gasteiger partial charge >= 0.3 is 0 Å². The number of methoxy groups -OCH3 is 1. The average Bonchev–Trinajstić information content (AvgIpc) is 3.16. The number of fused-ring (bicyclic) bond motifs is 1. The molecular weight excluding hydrogens is 404 g/mol. The predicted octanol–water partition coefficient (Wildman–Crippen LogP) is 2.53. The molecule has 8 heteroatoms. The molecule has 4 aromatic rings. The van der Waals surface area contributed by atoms with Crippen LogP contribution in [0.2, 0.25) is 0 Å². The first-order chi connectivity index (χ1) is 12.2. The highest BCUT2D eigenvalue weighted by molar-refractivity contribution is 9.10. The van der Waals surface area contributed by atoms with Gasteiger partial charge in [0.15, 0.2) is 5.82 Å². The van der Waals surface area contributed by atoms with E-state index in [1.165, 1.54) is 15.9 Å². The van der Waals surface area contributed by atoms with Crippen LogP contribution in [-0.2, 0) is 0 Å². The Morgan fingerprint density at radius 2 is 2.20 bits per heavy atom. The van der Waals surface area contributed by atoms with Crippen LogP contribution < -0.4 is 14.8 Å². The van der Waals surface area contributed by atoms with Gasteiger partial charge in [0, 0.05) is 28.0 Å². The molecule has 0 saturated carbocycles. The van der Waals surface area contributed by atoms with Crippen molar-refractivity contribution in [3.05, 3.63) is 67.6 Å². The molecule has 0 aliphatic rings. The minimum Gasteiger partial charge on any atom is -0.496 e.